The third-order valence-electron chi connectivity index (χ3n) is 4.20. The molecule has 132 valence electrons. The molecule has 0 spiro atoms. The van der Waals surface area contributed by atoms with Gasteiger partial charge in [-0.25, -0.2) is 13.1 Å². The molecule has 0 saturated carbocycles. The van der Waals surface area contributed by atoms with E-state index >= 15 is 0 Å². The molecule has 25 heavy (non-hydrogen) atoms. The Morgan fingerprint density at radius 1 is 1.12 bits per heavy atom. The van der Waals surface area contributed by atoms with Crippen LogP contribution < -0.4 is 4.72 Å². The van der Waals surface area contributed by atoms with E-state index in [9.17, 15) is 18.5 Å². The molecule has 8 heteroatoms. The lowest BCUT2D eigenvalue weighted by Crippen LogP contribution is -2.36. The van der Waals surface area contributed by atoms with E-state index in [-0.39, 0.29) is 16.6 Å². The number of likely N-dealkylation sites (tertiary alicyclic amines) is 1. The van der Waals surface area contributed by atoms with Gasteiger partial charge in [-0.05, 0) is 24.1 Å². The summed E-state index contributed by atoms with van der Waals surface area (Å²) < 4.78 is 27.6. The van der Waals surface area contributed by atoms with Crippen molar-refractivity contribution >= 4 is 15.7 Å². The molecule has 2 aromatic rings. The molecular formula is C17H19N3O4S. The van der Waals surface area contributed by atoms with Gasteiger partial charge >= 0.3 is 0 Å². The number of benzene rings is 2. The van der Waals surface area contributed by atoms with Gasteiger partial charge in [0.25, 0.3) is 5.69 Å². The van der Waals surface area contributed by atoms with Gasteiger partial charge in [0.2, 0.25) is 10.0 Å². The highest BCUT2D eigenvalue weighted by molar-refractivity contribution is 7.89. The molecule has 1 atom stereocenters. The zero-order chi connectivity index (χ0) is 17.9. The van der Waals surface area contributed by atoms with Gasteiger partial charge in [-0.1, -0.05) is 30.3 Å². The zero-order valence-electron chi connectivity index (χ0n) is 13.5. The number of nitrogens with one attached hydrogen (secondary N) is 1. The Balaban J connectivity index is 1.61. The number of nitro benzene ring substituents is 1. The molecule has 7 nitrogen and oxygen atoms in total. The summed E-state index contributed by atoms with van der Waals surface area (Å²) in [6.45, 7) is 2.25. The number of sulfonamides is 1. The first-order valence-electron chi connectivity index (χ1n) is 7.97. The summed E-state index contributed by atoms with van der Waals surface area (Å²) >= 11 is 0. The smallest absolute Gasteiger partial charge is 0.269 e. The van der Waals surface area contributed by atoms with Crippen molar-refractivity contribution in [1.82, 2.24) is 9.62 Å². The maximum Gasteiger partial charge on any atom is 0.269 e. The Hall–Kier alpha value is -2.29. The molecule has 1 aliphatic heterocycles. The Morgan fingerprint density at radius 3 is 2.44 bits per heavy atom. The summed E-state index contributed by atoms with van der Waals surface area (Å²) in [6.07, 6.45) is 0.735. The van der Waals surface area contributed by atoms with Crippen LogP contribution in [0.1, 0.15) is 12.0 Å². The maximum atomic E-state index is 12.4. The van der Waals surface area contributed by atoms with E-state index < -0.39 is 14.9 Å². The van der Waals surface area contributed by atoms with Gasteiger partial charge in [-0.15, -0.1) is 0 Å². The molecule has 0 radical (unpaired) electrons. The molecule has 1 fully saturated rings. The molecule has 0 amide bonds. The number of hydrogen-bond acceptors (Lipinski definition) is 5. The minimum atomic E-state index is -3.68. The van der Waals surface area contributed by atoms with Crippen LogP contribution in [-0.2, 0) is 16.6 Å². The van der Waals surface area contributed by atoms with Crippen molar-refractivity contribution in [2.75, 3.05) is 13.1 Å². The van der Waals surface area contributed by atoms with Crippen LogP contribution >= 0.6 is 0 Å². The standard InChI is InChI=1S/C17H19N3O4S/c21-20(22)16-6-8-17(9-7-16)25(23,24)18-15-10-11-19(13-15)12-14-4-2-1-3-5-14/h1-9,15,18H,10-13H2. The molecule has 1 N–H and O–H groups in total. The van der Waals surface area contributed by atoms with E-state index in [1.54, 1.807) is 0 Å². The summed E-state index contributed by atoms with van der Waals surface area (Å²) in [5.41, 5.74) is 1.07. The first-order chi connectivity index (χ1) is 11.9. The zero-order valence-corrected chi connectivity index (χ0v) is 14.4. The van der Waals surface area contributed by atoms with Gasteiger partial charge in [0, 0.05) is 37.8 Å². The van der Waals surface area contributed by atoms with Crippen LogP contribution in [0.5, 0.6) is 0 Å². The molecule has 1 aliphatic rings. The largest absolute Gasteiger partial charge is 0.297 e. The van der Waals surface area contributed by atoms with Crippen molar-refractivity contribution < 1.29 is 13.3 Å². The van der Waals surface area contributed by atoms with Gasteiger partial charge in [-0.3, -0.25) is 15.0 Å². The second-order valence-corrected chi connectivity index (χ2v) is 7.79. The topological polar surface area (TPSA) is 92.5 Å². The van der Waals surface area contributed by atoms with Gasteiger partial charge < -0.3 is 0 Å². The monoisotopic (exact) mass is 361 g/mol. The predicted octanol–water partition coefficient (Wildman–Crippen LogP) is 2.15. The van der Waals surface area contributed by atoms with Gasteiger partial charge in [-0.2, -0.15) is 0 Å². The SMILES string of the molecule is O=[N+]([O-])c1ccc(S(=O)(=O)NC2CCN(Cc3ccccc3)C2)cc1. The van der Waals surface area contributed by atoms with Crippen molar-refractivity contribution in [2.24, 2.45) is 0 Å². The van der Waals surface area contributed by atoms with Gasteiger partial charge in [0.1, 0.15) is 0 Å². The Labute approximate surface area is 146 Å². The molecule has 1 unspecified atom stereocenters. The number of rotatable bonds is 6. The highest BCUT2D eigenvalue weighted by Crippen LogP contribution is 2.19. The normalized spacial score (nSPS) is 18.3. The number of nitro groups is 1. The fourth-order valence-corrected chi connectivity index (χ4v) is 4.21. The van der Waals surface area contributed by atoms with E-state index in [0.717, 1.165) is 19.5 Å². The average molecular weight is 361 g/mol. The first kappa shape index (κ1) is 17.5. The lowest BCUT2D eigenvalue weighted by molar-refractivity contribution is -0.384. The maximum absolute atomic E-state index is 12.4. The van der Waals surface area contributed by atoms with E-state index in [1.807, 2.05) is 30.3 Å². The van der Waals surface area contributed by atoms with Crippen molar-refractivity contribution in [3.05, 3.63) is 70.3 Å². The molecule has 3 rings (SSSR count). The highest BCUT2D eigenvalue weighted by Gasteiger charge is 2.27. The average Bonchev–Trinajstić information content (AvgIpc) is 3.02. The molecule has 2 aromatic carbocycles. The number of non-ortho nitro benzene ring substituents is 1. The fraction of sp³-hybridized carbons (Fsp3) is 0.294. The Morgan fingerprint density at radius 2 is 1.80 bits per heavy atom. The second kappa shape index (κ2) is 7.30. The van der Waals surface area contributed by atoms with Crippen LogP contribution in [-0.4, -0.2) is 37.4 Å². The molecule has 0 aromatic heterocycles. The predicted molar refractivity (Wildman–Crippen MR) is 93.5 cm³/mol. The fourth-order valence-electron chi connectivity index (χ4n) is 2.95. The Bertz CT molecular complexity index is 838. The molecule has 0 aliphatic carbocycles. The minimum absolute atomic E-state index is 0.0413. The lowest BCUT2D eigenvalue weighted by atomic mass is 10.2. The van der Waals surface area contributed by atoms with Crippen LogP contribution in [0.25, 0.3) is 0 Å². The Kier molecular flexibility index (Phi) is 5.12. The van der Waals surface area contributed by atoms with Crippen LogP contribution in [0.2, 0.25) is 0 Å². The van der Waals surface area contributed by atoms with E-state index in [4.69, 9.17) is 0 Å². The summed E-state index contributed by atoms with van der Waals surface area (Å²) in [6, 6.07) is 14.8. The third kappa shape index (κ3) is 4.41. The third-order valence-corrected chi connectivity index (χ3v) is 5.74. The molecular weight excluding hydrogens is 342 g/mol. The molecule has 1 saturated heterocycles. The van der Waals surface area contributed by atoms with Crippen molar-refractivity contribution in [1.29, 1.82) is 0 Å². The highest BCUT2D eigenvalue weighted by atomic mass is 32.2. The number of hydrogen-bond donors (Lipinski definition) is 1. The van der Waals surface area contributed by atoms with Gasteiger partial charge in [0.15, 0.2) is 0 Å². The van der Waals surface area contributed by atoms with E-state index in [2.05, 4.69) is 9.62 Å². The summed E-state index contributed by atoms with van der Waals surface area (Å²) in [7, 11) is -3.68. The molecule has 0 bridgehead atoms. The van der Waals surface area contributed by atoms with E-state index in [1.165, 1.54) is 29.8 Å². The minimum Gasteiger partial charge on any atom is -0.297 e. The van der Waals surface area contributed by atoms with Crippen LogP contribution in [0, 0.1) is 10.1 Å². The first-order valence-corrected chi connectivity index (χ1v) is 9.45. The lowest BCUT2D eigenvalue weighted by Gasteiger charge is -2.17. The van der Waals surface area contributed by atoms with Crippen LogP contribution in [0.4, 0.5) is 5.69 Å². The number of nitrogens with zero attached hydrogens (tertiary/aromatic N) is 2. The van der Waals surface area contributed by atoms with Gasteiger partial charge in [0.05, 0.1) is 9.82 Å². The van der Waals surface area contributed by atoms with Crippen molar-refractivity contribution in [3.63, 3.8) is 0 Å². The summed E-state index contributed by atoms with van der Waals surface area (Å²) in [5, 5.41) is 10.7. The van der Waals surface area contributed by atoms with Crippen molar-refractivity contribution in [2.45, 2.75) is 23.9 Å². The quantitative estimate of drug-likeness (QED) is 0.629. The van der Waals surface area contributed by atoms with Crippen LogP contribution in [0.15, 0.2) is 59.5 Å². The van der Waals surface area contributed by atoms with E-state index in [0.29, 0.717) is 6.54 Å². The van der Waals surface area contributed by atoms with Crippen LogP contribution in [0.3, 0.4) is 0 Å². The summed E-state index contributed by atoms with van der Waals surface area (Å²) in [5.74, 6) is 0. The molecule has 1 heterocycles. The second-order valence-electron chi connectivity index (χ2n) is 6.08. The van der Waals surface area contributed by atoms with Crippen molar-refractivity contribution in [3.8, 4) is 0 Å². The summed E-state index contributed by atoms with van der Waals surface area (Å²) in [4.78, 5) is 12.4.